The number of aromatic nitrogens is 1. The number of carbonyl (C=O) groups excluding carboxylic acids is 1. The van der Waals surface area contributed by atoms with E-state index in [1.165, 1.54) is 7.11 Å². The van der Waals surface area contributed by atoms with Crippen LogP contribution in [0.15, 0.2) is 21.2 Å². The summed E-state index contributed by atoms with van der Waals surface area (Å²) in [4.78, 5) is 20.1. The smallest absolute Gasteiger partial charge is 0.306 e. The molecule has 0 unspecified atom stereocenters. The molecule has 1 aromatic heterocycles. The van der Waals surface area contributed by atoms with Crippen LogP contribution in [0.1, 0.15) is 6.42 Å². The van der Waals surface area contributed by atoms with Crippen molar-refractivity contribution in [3.8, 4) is 0 Å². The van der Waals surface area contributed by atoms with E-state index >= 15 is 0 Å². The number of hydrogen-bond donors (Lipinski definition) is 0. The Morgan fingerprint density at radius 3 is 2.65 bits per heavy atom. The first-order valence-corrected chi connectivity index (χ1v) is 8.04. The Labute approximate surface area is 135 Å². The molecule has 1 fully saturated rings. The van der Waals surface area contributed by atoms with E-state index in [0.29, 0.717) is 6.42 Å². The van der Waals surface area contributed by atoms with E-state index in [2.05, 4.69) is 51.4 Å². The molecule has 2 rings (SSSR count). The molecule has 0 spiro atoms. The standard InChI is InChI=1S/C13H17Br2N3O2/c1-20-12(19)2-3-17-4-6-18(7-5-17)13-11(15)8-10(14)9-16-13/h8-9H,2-7H2,1H3. The van der Waals surface area contributed by atoms with Gasteiger partial charge in [-0.25, -0.2) is 4.98 Å². The first-order valence-electron chi connectivity index (χ1n) is 6.45. The quantitative estimate of drug-likeness (QED) is 0.718. The van der Waals surface area contributed by atoms with Gasteiger partial charge in [-0.05, 0) is 37.9 Å². The first-order chi connectivity index (χ1) is 9.60. The molecule has 0 radical (unpaired) electrons. The number of ether oxygens (including phenoxy) is 1. The molecule has 110 valence electrons. The zero-order valence-electron chi connectivity index (χ0n) is 11.3. The molecule has 2 heterocycles. The molecule has 0 amide bonds. The second-order valence-electron chi connectivity index (χ2n) is 4.61. The van der Waals surface area contributed by atoms with E-state index in [1.54, 1.807) is 0 Å². The van der Waals surface area contributed by atoms with E-state index in [1.807, 2.05) is 12.3 Å². The summed E-state index contributed by atoms with van der Waals surface area (Å²) in [5, 5.41) is 0. The number of rotatable bonds is 4. The number of nitrogens with zero attached hydrogens (tertiary/aromatic N) is 3. The molecule has 1 aliphatic heterocycles. The lowest BCUT2D eigenvalue weighted by Crippen LogP contribution is -2.47. The Morgan fingerprint density at radius 2 is 2.05 bits per heavy atom. The lowest BCUT2D eigenvalue weighted by molar-refractivity contribution is -0.141. The SMILES string of the molecule is COC(=O)CCN1CCN(c2ncc(Br)cc2Br)CC1. The van der Waals surface area contributed by atoms with E-state index in [0.717, 1.165) is 47.5 Å². The summed E-state index contributed by atoms with van der Waals surface area (Å²) in [5.41, 5.74) is 0. The maximum Gasteiger partial charge on any atom is 0.306 e. The van der Waals surface area contributed by atoms with Gasteiger partial charge in [0.25, 0.3) is 0 Å². The summed E-state index contributed by atoms with van der Waals surface area (Å²) in [6, 6.07) is 2.01. The van der Waals surface area contributed by atoms with Crippen LogP contribution in [0, 0.1) is 0 Å². The molecule has 5 nitrogen and oxygen atoms in total. The molecule has 0 N–H and O–H groups in total. The maximum atomic E-state index is 11.1. The minimum Gasteiger partial charge on any atom is -0.469 e. The molecule has 7 heteroatoms. The summed E-state index contributed by atoms with van der Waals surface area (Å²) < 4.78 is 6.62. The molecule has 0 saturated carbocycles. The van der Waals surface area contributed by atoms with Crippen molar-refractivity contribution >= 4 is 43.6 Å². The van der Waals surface area contributed by atoms with E-state index < -0.39 is 0 Å². The highest BCUT2D eigenvalue weighted by Crippen LogP contribution is 2.27. The third kappa shape index (κ3) is 4.17. The number of methoxy groups -OCH3 is 1. The first kappa shape index (κ1) is 15.7. The monoisotopic (exact) mass is 405 g/mol. The van der Waals surface area contributed by atoms with Crippen LogP contribution in [0.2, 0.25) is 0 Å². The number of halogens is 2. The van der Waals surface area contributed by atoms with Gasteiger partial charge in [0, 0.05) is 43.4 Å². The van der Waals surface area contributed by atoms with E-state index in [4.69, 9.17) is 0 Å². The van der Waals surface area contributed by atoms with Crippen LogP contribution in [0.3, 0.4) is 0 Å². The highest BCUT2D eigenvalue weighted by molar-refractivity contribution is 9.11. The van der Waals surface area contributed by atoms with Crippen LogP contribution in [-0.4, -0.2) is 55.7 Å². The van der Waals surface area contributed by atoms with Gasteiger partial charge in [0.1, 0.15) is 5.82 Å². The molecular formula is C13H17Br2N3O2. The average Bonchev–Trinajstić information content (AvgIpc) is 2.45. The molecule has 1 saturated heterocycles. The summed E-state index contributed by atoms with van der Waals surface area (Å²) >= 11 is 6.96. The van der Waals surface area contributed by atoms with Crippen LogP contribution in [0.25, 0.3) is 0 Å². The van der Waals surface area contributed by atoms with Crippen LogP contribution in [-0.2, 0) is 9.53 Å². The number of anilines is 1. The van der Waals surface area contributed by atoms with E-state index in [9.17, 15) is 4.79 Å². The highest BCUT2D eigenvalue weighted by atomic mass is 79.9. The normalized spacial score (nSPS) is 16.2. The van der Waals surface area contributed by atoms with Gasteiger partial charge >= 0.3 is 5.97 Å². The molecule has 20 heavy (non-hydrogen) atoms. The summed E-state index contributed by atoms with van der Waals surface area (Å²) in [6.45, 7) is 4.45. The van der Waals surface area contributed by atoms with Gasteiger partial charge in [-0.2, -0.15) is 0 Å². The second-order valence-corrected chi connectivity index (χ2v) is 6.38. The number of hydrogen-bond acceptors (Lipinski definition) is 5. The third-order valence-corrected chi connectivity index (χ3v) is 4.34. The Bertz CT molecular complexity index is 477. The fraction of sp³-hybridized carbons (Fsp3) is 0.538. The molecular weight excluding hydrogens is 390 g/mol. The third-order valence-electron chi connectivity index (χ3n) is 3.32. The van der Waals surface area contributed by atoms with Crippen molar-refractivity contribution in [3.63, 3.8) is 0 Å². The van der Waals surface area contributed by atoms with Gasteiger partial charge < -0.3 is 9.64 Å². The molecule has 0 aromatic carbocycles. The fourth-order valence-corrected chi connectivity index (χ4v) is 3.41. The zero-order valence-corrected chi connectivity index (χ0v) is 14.5. The van der Waals surface area contributed by atoms with Crippen LogP contribution < -0.4 is 4.90 Å². The number of carbonyl (C=O) groups is 1. The minimum absolute atomic E-state index is 0.148. The Kier molecular flexibility index (Phi) is 5.80. The molecule has 1 aromatic rings. The van der Waals surface area contributed by atoms with Gasteiger partial charge in [-0.1, -0.05) is 0 Å². The van der Waals surface area contributed by atoms with Crippen molar-refractivity contribution in [2.24, 2.45) is 0 Å². The summed E-state index contributed by atoms with van der Waals surface area (Å²) in [7, 11) is 1.43. The van der Waals surface area contributed by atoms with Crippen molar-refractivity contribution in [2.75, 3.05) is 44.7 Å². The van der Waals surface area contributed by atoms with Crippen molar-refractivity contribution in [1.29, 1.82) is 0 Å². The largest absolute Gasteiger partial charge is 0.469 e. The van der Waals surface area contributed by atoms with Gasteiger partial charge in [-0.15, -0.1) is 0 Å². The molecule has 1 aliphatic rings. The maximum absolute atomic E-state index is 11.1. The van der Waals surface area contributed by atoms with Crippen LogP contribution in [0.5, 0.6) is 0 Å². The van der Waals surface area contributed by atoms with Crippen molar-refractivity contribution < 1.29 is 9.53 Å². The Hall–Kier alpha value is -0.660. The predicted octanol–water partition coefficient (Wildman–Crippen LogP) is 2.29. The predicted molar refractivity (Wildman–Crippen MR) is 84.9 cm³/mol. The summed E-state index contributed by atoms with van der Waals surface area (Å²) in [6.07, 6.45) is 2.26. The number of esters is 1. The highest BCUT2D eigenvalue weighted by Gasteiger charge is 2.20. The van der Waals surface area contributed by atoms with Gasteiger partial charge in [0.05, 0.1) is 18.0 Å². The summed E-state index contributed by atoms with van der Waals surface area (Å²) in [5.74, 6) is 0.825. The molecule has 0 bridgehead atoms. The van der Waals surface area contributed by atoms with Crippen LogP contribution >= 0.6 is 31.9 Å². The average molecular weight is 407 g/mol. The number of piperazine rings is 1. The minimum atomic E-state index is -0.148. The topological polar surface area (TPSA) is 45.7 Å². The molecule has 0 aliphatic carbocycles. The Balaban J connectivity index is 1.86. The lowest BCUT2D eigenvalue weighted by atomic mass is 10.3. The van der Waals surface area contributed by atoms with Gasteiger partial charge in [-0.3, -0.25) is 9.69 Å². The van der Waals surface area contributed by atoms with E-state index in [-0.39, 0.29) is 5.97 Å². The second kappa shape index (κ2) is 7.38. The molecule has 0 atom stereocenters. The number of pyridine rings is 1. The van der Waals surface area contributed by atoms with Crippen molar-refractivity contribution in [3.05, 3.63) is 21.2 Å². The van der Waals surface area contributed by atoms with Crippen molar-refractivity contribution in [1.82, 2.24) is 9.88 Å². The van der Waals surface area contributed by atoms with Gasteiger partial charge in [0.15, 0.2) is 0 Å². The lowest BCUT2D eigenvalue weighted by Gasteiger charge is -2.35. The van der Waals surface area contributed by atoms with Crippen molar-refractivity contribution in [2.45, 2.75) is 6.42 Å². The van der Waals surface area contributed by atoms with Gasteiger partial charge in [0.2, 0.25) is 0 Å². The zero-order chi connectivity index (χ0) is 14.5. The van der Waals surface area contributed by atoms with Crippen LogP contribution in [0.4, 0.5) is 5.82 Å². The fourth-order valence-electron chi connectivity index (χ4n) is 2.17. The Morgan fingerprint density at radius 1 is 1.35 bits per heavy atom.